The molecule has 3 rings (SSSR count). The Morgan fingerprint density at radius 3 is 3.05 bits per heavy atom. The minimum absolute atomic E-state index is 0.0933. The molecule has 5 nitrogen and oxygen atoms in total. The molecule has 0 amide bonds. The molecule has 1 aromatic rings. The van der Waals surface area contributed by atoms with E-state index in [1.165, 1.54) is 12.7 Å². The summed E-state index contributed by atoms with van der Waals surface area (Å²) in [4.78, 5) is 18.9. The van der Waals surface area contributed by atoms with Crippen molar-refractivity contribution in [2.45, 2.75) is 25.7 Å². The Balaban J connectivity index is 1.91. The fourth-order valence-corrected chi connectivity index (χ4v) is 3.35. The molecule has 0 saturated carbocycles. The van der Waals surface area contributed by atoms with E-state index in [0.717, 1.165) is 49.3 Å². The molecular weight excluding hydrogens is 286 g/mol. The maximum atomic E-state index is 11.7. The van der Waals surface area contributed by atoms with Gasteiger partial charge in [-0.25, -0.2) is 4.98 Å². The van der Waals surface area contributed by atoms with Gasteiger partial charge in [-0.2, -0.15) is 0 Å². The van der Waals surface area contributed by atoms with Crippen LogP contribution in [0.5, 0.6) is 0 Å². The molecule has 0 bridgehead atoms. The van der Waals surface area contributed by atoms with Crippen LogP contribution in [-0.4, -0.2) is 36.1 Å². The third-order valence-corrected chi connectivity index (χ3v) is 4.54. The van der Waals surface area contributed by atoms with Crippen LogP contribution in [-0.2, 0) is 22.4 Å². The molecule has 2 aliphatic rings. The largest absolute Gasteiger partial charge is 0.469 e. The number of aryl methyl sites for hydroxylation is 2. The summed E-state index contributed by atoms with van der Waals surface area (Å²) >= 11 is 5.18. The first kappa shape index (κ1) is 14.3. The fraction of sp³-hybridized carbons (Fsp3) is 0.533. The van der Waals surface area contributed by atoms with Crippen LogP contribution >= 0.6 is 12.2 Å². The van der Waals surface area contributed by atoms with Crippen LogP contribution in [0.4, 0.5) is 5.82 Å². The third-order valence-electron chi connectivity index (χ3n) is 4.32. The quantitative estimate of drug-likeness (QED) is 0.668. The number of ether oxygens (including phenoxy) is 1. The Labute approximate surface area is 129 Å². The van der Waals surface area contributed by atoms with Gasteiger partial charge in [0.15, 0.2) is 0 Å². The summed E-state index contributed by atoms with van der Waals surface area (Å²) in [5.74, 6) is 0.578. The molecule has 0 aromatic carbocycles. The van der Waals surface area contributed by atoms with Gasteiger partial charge >= 0.3 is 5.97 Å². The van der Waals surface area contributed by atoms with Crippen LogP contribution in [0.15, 0.2) is 6.07 Å². The highest BCUT2D eigenvalue weighted by Gasteiger charge is 2.32. The van der Waals surface area contributed by atoms with Crippen LogP contribution < -0.4 is 10.6 Å². The summed E-state index contributed by atoms with van der Waals surface area (Å²) in [5.41, 5.74) is 9.10. The second-order valence-electron chi connectivity index (χ2n) is 5.64. The number of anilines is 1. The maximum absolute atomic E-state index is 11.7. The Morgan fingerprint density at radius 2 is 2.33 bits per heavy atom. The highest BCUT2D eigenvalue weighted by Crippen LogP contribution is 2.30. The molecule has 1 aliphatic carbocycles. The van der Waals surface area contributed by atoms with Gasteiger partial charge in [0.05, 0.1) is 18.6 Å². The normalized spacial score (nSPS) is 20.4. The van der Waals surface area contributed by atoms with Gasteiger partial charge in [0.25, 0.3) is 0 Å². The molecular formula is C15H19N3O2S. The average Bonchev–Trinajstić information content (AvgIpc) is 3.13. The molecule has 1 aliphatic heterocycles. The van der Waals surface area contributed by atoms with Crippen molar-refractivity contribution in [2.24, 2.45) is 11.7 Å². The van der Waals surface area contributed by atoms with Crippen molar-refractivity contribution in [1.82, 2.24) is 4.98 Å². The number of esters is 1. The predicted molar refractivity (Wildman–Crippen MR) is 84.5 cm³/mol. The molecule has 0 spiro atoms. The Kier molecular flexibility index (Phi) is 3.80. The number of methoxy groups -OCH3 is 1. The molecule has 1 fully saturated rings. The number of nitrogens with zero attached hydrogens (tertiary/aromatic N) is 2. The summed E-state index contributed by atoms with van der Waals surface area (Å²) in [6.45, 7) is 1.40. The SMILES string of the molecule is COC(=O)C1CCN(c2nc3c(cc2C(N)=S)CCC3)C1. The highest BCUT2D eigenvalue weighted by atomic mass is 32.1. The highest BCUT2D eigenvalue weighted by molar-refractivity contribution is 7.80. The van der Waals surface area contributed by atoms with E-state index in [4.69, 9.17) is 27.7 Å². The lowest BCUT2D eigenvalue weighted by Crippen LogP contribution is -2.27. The number of fused-ring (bicyclic) bond motifs is 1. The van der Waals surface area contributed by atoms with Crippen molar-refractivity contribution >= 4 is 29.0 Å². The topological polar surface area (TPSA) is 68.5 Å². The van der Waals surface area contributed by atoms with Crippen LogP contribution in [0.2, 0.25) is 0 Å². The Hall–Kier alpha value is -1.69. The van der Waals surface area contributed by atoms with Crippen molar-refractivity contribution in [3.63, 3.8) is 0 Å². The van der Waals surface area contributed by atoms with E-state index in [-0.39, 0.29) is 11.9 Å². The summed E-state index contributed by atoms with van der Waals surface area (Å²) in [6, 6.07) is 2.08. The van der Waals surface area contributed by atoms with Gasteiger partial charge < -0.3 is 15.4 Å². The van der Waals surface area contributed by atoms with E-state index in [0.29, 0.717) is 11.5 Å². The van der Waals surface area contributed by atoms with Crippen molar-refractivity contribution in [3.8, 4) is 0 Å². The molecule has 0 radical (unpaired) electrons. The van der Waals surface area contributed by atoms with Crippen LogP contribution in [0.25, 0.3) is 0 Å². The number of carbonyl (C=O) groups is 1. The summed E-state index contributed by atoms with van der Waals surface area (Å²) in [7, 11) is 1.43. The van der Waals surface area contributed by atoms with Gasteiger partial charge in [0.2, 0.25) is 0 Å². The van der Waals surface area contributed by atoms with E-state index in [9.17, 15) is 4.79 Å². The maximum Gasteiger partial charge on any atom is 0.310 e. The lowest BCUT2D eigenvalue weighted by atomic mass is 10.1. The van der Waals surface area contributed by atoms with E-state index >= 15 is 0 Å². The van der Waals surface area contributed by atoms with Crippen molar-refractivity contribution in [2.75, 3.05) is 25.1 Å². The standard InChI is InChI=1S/C15H19N3O2S/c1-20-15(19)10-5-6-18(8-10)14-11(13(16)21)7-9-3-2-4-12(9)17-14/h7,10H,2-6,8H2,1H3,(H2,16,21). The van der Waals surface area contributed by atoms with E-state index < -0.39 is 0 Å². The third kappa shape index (κ3) is 2.60. The molecule has 1 saturated heterocycles. The Morgan fingerprint density at radius 1 is 1.52 bits per heavy atom. The molecule has 2 heterocycles. The summed E-state index contributed by atoms with van der Waals surface area (Å²) in [5, 5.41) is 0. The van der Waals surface area contributed by atoms with Crippen LogP contribution in [0, 0.1) is 5.92 Å². The van der Waals surface area contributed by atoms with Crippen LogP contribution in [0.3, 0.4) is 0 Å². The van der Waals surface area contributed by atoms with Gasteiger partial charge in [-0.3, -0.25) is 4.79 Å². The minimum atomic E-state index is -0.157. The zero-order valence-electron chi connectivity index (χ0n) is 12.1. The number of hydrogen-bond acceptors (Lipinski definition) is 5. The molecule has 21 heavy (non-hydrogen) atoms. The molecule has 1 aromatic heterocycles. The van der Waals surface area contributed by atoms with Crippen molar-refractivity contribution in [3.05, 3.63) is 22.9 Å². The lowest BCUT2D eigenvalue weighted by molar-refractivity contribution is -0.144. The second-order valence-corrected chi connectivity index (χ2v) is 6.08. The van der Waals surface area contributed by atoms with Crippen molar-refractivity contribution < 1.29 is 9.53 Å². The first-order chi connectivity index (χ1) is 10.1. The van der Waals surface area contributed by atoms with E-state index in [1.54, 1.807) is 0 Å². The first-order valence-electron chi connectivity index (χ1n) is 7.25. The monoisotopic (exact) mass is 305 g/mol. The molecule has 6 heteroatoms. The van der Waals surface area contributed by atoms with Gasteiger partial charge in [0, 0.05) is 18.8 Å². The van der Waals surface area contributed by atoms with Gasteiger partial charge in [0.1, 0.15) is 10.8 Å². The van der Waals surface area contributed by atoms with E-state index in [2.05, 4.69) is 11.0 Å². The zero-order valence-corrected chi connectivity index (χ0v) is 12.9. The zero-order chi connectivity index (χ0) is 15.0. The molecule has 1 atom stereocenters. The number of hydrogen-bond donors (Lipinski definition) is 1. The number of thiocarbonyl (C=S) groups is 1. The average molecular weight is 305 g/mol. The number of rotatable bonds is 3. The van der Waals surface area contributed by atoms with Gasteiger partial charge in [-0.1, -0.05) is 12.2 Å². The molecule has 1 unspecified atom stereocenters. The summed E-state index contributed by atoms with van der Waals surface area (Å²) < 4.78 is 4.83. The molecule has 112 valence electrons. The number of aromatic nitrogens is 1. The first-order valence-corrected chi connectivity index (χ1v) is 7.66. The lowest BCUT2D eigenvalue weighted by Gasteiger charge is -2.21. The molecule has 2 N–H and O–H groups in total. The minimum Gasteiger partial charge on any atom is -0.469 e. The predicted octanol–water partition coefficient (Wildman–Crippen LogP) is 1.20. The smallest absolute Gasteiger partial charge is 0.310 e. The fourth-order valence-electron chi connectivity index (χ4n) is 3.20. The van der Waals surface area contributed by atoms with E-state index in [1.807, 2.05) is 0 Å². The Bertz CT molecular complexity index is 603. The van der Waals surface area contributed by atoms with Crippen LogP contribution in [0.1, 0.15) is 29.7 Å². The number of nitrogens with two attached hydrogens (primary N) is 1. The van der Waals surface area contributed by atoms with Crippen molar-refractivity contribution in [1.29, 1.82) is 0 Å². The second kappa shape index (κ2) is 5.60. The van der Waals surface area contributed by atoms with Gasteiger partial charge in [-0.15, -0.1) is 0 Å². The number of carbonyl (C=O) groups excluding carboxylic acids is 1. The summed E-state index contributed by atoms with van der Waals surface area (Å²) in [6.07, 6.45) is 3.97. The number of pyridine rings is 1. The van der Waals surface area contributed by atoms with Gasteiger partial charge in [-0.05, 0) is 37.3 Å².